The Labute approximate surface area is 95.0 Å². The molecule has 0 aliphatic heterocycles. The van der Waals surface area contributed by atoms with Gasteiger partial charge in [0.2, 0.25) is 0 Å². The number of halogens is 1. The van der Waals surface area contributed by atoms with Crippen LogP contribution in [0.5, 0.6) is 0 Å². The van der Waals surface area contributed by atoms with E-state index < -0.39 is 0 Å². The standard InChI is InChI=1S/C13H13ClN/c1-11-6-8-15(9-7-11)10-12-4-2-3-5-13(12)14/h2-9H,10H2,1H3/q+1. The molecule has 0 unspecified atom stereocenters. The van der Waals surface area contributed by atoms with E-state index in [0.29, 0.717) is 0 Å². The maximum Gasteiger partial charge on any atom is 0.175 e. The summed E-state index contributed by atoms with van der Waals surface area (Å²) in [4.78, 5) is 0. The summed E-state index contributed by atoms with van der Waals surface area (Å²) in [6, 6.07) is 12.1. The second-order valence-electron chi connectivity index (χ2n) is 3.64. The molecule has 0 aliphatic carbocycles. The summed E-state index contributed by atoms with van der Waals surface area (Å²) in [6.45, 7) is 2.90. The highest BCUT2D eigenvalue weighted by Crippen LogP contribution is 2.13. The summed E-state index contributed by atoms with van der Waals surface area (Å²) in [6.07, 6.45) is 4.14. The first-order valence-electron chi connectivity index (χ1n) is 4.95. The van der Waals surface area contributed by atoms with Crippen molar-refractivity contribution < 1.29 is 4.57 Å². The van der Waals surface area contributed by atoms with Gasteiger partial charge in [0, 0.05) is 17.7 Å². The van der Waals surface area contributed by atoms with Crippen LogP contribution in [0, 0.1) is 6.92 Å². The molecule has 0 spiro atoms. The summed E-state index contributed by atoms with van der Waals surface area (Å²) in [5, 5.41) is 0.825. The van der Waals surface area contributed by atoms with Crippen molar-refractivity contribution in [1.82, 2.24) is 0 Å². The van der Waals surface area contributed by atoms with Crippen molar-refractivity contribution in [3.8, 4) is 0 Å². The predicted octanol–water partition coefficient (Wildman–Crippen LogP) is 2.98. The predicted molar refractivity (Wildman–Crippen MR) is 61.9 cm³/mol. The quantitative estimate of drug-likeness (QED) is 0.683. The molecule has 2 heteroatoms. The number of rotatable bonds is 2. The zero-order chi connectivity index (χ0) is 10.7. The van der Waals surface area contributed by atoms with Crippen molar-refractivity contribution in [2.24, 2.45) is 0 Å². The average molecular weight is 219 g/mol. The summed E-state index contributed by atoms with van der Waals surface area (Å²) in [5.41, 5.74) is 2.42. The van der Waals surface area contributed by atoms with Crippen molar-refractivity contribution in [3.63, 3.8) is 0 Å². The third kappa shape index (κ3) is 2.57. The highest BCUT2D eigenvalue weighted by atomic mass is 35.5. The first-order valence-corrected chi connectivity index (χ1v) is 5.32. The molecule has 0 amide bonds. The molecule has 0 saturated heterocycles. The van der Waals surface area contributed by atoms with E-state index in [1.165, 1.54) is 5.56 Å². The fraction of sp³-hybridized carbons (Fsp3) is 0.154. The molecule has 1 nitrogen and oxygen atoms in total. The monoisotopic (exact) mass is 218 g/mol. The number of benzene rings is 1. The van der Waals surface area contributed by atoms with Crippen molar-refractivity contribution >= 4 is 11.6 Å². The molecule has 0 radical (unpaired) electrons. The van der Waals surface area contributed by atoms with Crippen LogP contribution in [-0.2, 0) is 6.54 Å². The van der Waals surface area contributed by atoms with Gasteiger partial charge in [-0.2, -0.15) is 0 Å². The van der Waals surface area contributed by atoms with Crippen LogP contribution in [0.2, 0.25) is 5.02 Å². The summed E-state index contributed by atoms with van der Waals surface area (Å²) < 4.78 is 2.12. The minimum Gasteiger partial charge on any atom is -0.201 e. The van der Waals surface area contributed by atoms with E-state index in [4.69, 9.17) is 11.6 Å². The van der Waals surface area contributed by atoms with Gasteiger partial charge in [-0.25, -0.2) is 4.57 Å². The van der Waals surface area contributed by atoms with E-state index in [-0.39, 0.29) is 0 Å². The summed E-state index contributed by atoms with van der Waals surface area (Å²) in [5.74, 6) is 0. The third-order valence-corrected chi connectivity index (χ3v) is 2.74. The molecular formula is C13H13ClN+. The smallest absolute Gasteiger partial charge is 0.175 e. The Kier molecular flexibility index (Phi) is 3.02. The van der Waals surface area contributed by atoms with Crippen LogP contribution >= 0.6 is 11.6 Å². The lowest BCUT2D eigenvalue weighted by Gasteiger charge is -2.00. The normalized spacial score (nSPS) is 10.3. The zero-order valence-corrected chi connectivity index (χ0v) is 9.41. The Morgan fingerprint density at radius 3 is 2.40 bits per heavy atom. The molecule has 0 N–H and O–H groups in total. The highest BCUT2D eigenvalue weighted by Gasteiger charge is 2.04. The van der Waals surface area contributed by atoms with E-state index in [9.17, 15) is 0 Å². The maximum absolute atomic E-state index is 6.09. The van der Waals surface area contributed by atoms with Crippen LogP contribution in [0.4, 0.5) is 0 Å². The fourth-order valence-corrected chi connectivity index (χ4v) is 1.66. The van der Waals surface area contributed by atoms with Crippen molar-refractivity contribution in [1.29, 1.82) is 0 Å². The van der Waals surface area contributed by atoms with E-state index in [0.717, 1.165) is 17.1 Å². The molecule has 0 aliphatic rings. The van der Waals surface area contributed by atoms with Crippen LogP contribution in [0.1, 0.15) is 11.1 Å². The molecule has 2 rings (SSSR count). The van der Waals surface area contributed by atoms with Gasteiger partial charge in [0.05, 0.1) is 5.02 Å². The largest absolute Gasteiger partial charge is 0.201 e. The number of nitrogens with zero attached hydrogens (tertiary/aromatic N) is 1. The molecule has 76 valence electrons. The minimum absolute atomic E-state index is 0.819. The van der Waals surface area contributed by atoms with Gasteiger partial charge in [0.15, 0.2) is 18.9 Å². The highest BCUT2D eigenvalue weighted by molar-refractivity contribution is 6.31. The zero-order valence-electron chi connectivity index (χ0n) is 8.65. The Morgan fingerprint density at radius 2 is 1.73 bits per heavy atom. The molecule has 15 heavy (non-hydrogen) atoms. The first-order chi connectivity index (χ1) is 7.25. The molecule has 0 fully saturated rings. The molecular weight excluding hydrogens is 206 g/mol. The maximum atomic E-state index is 6.09. The second kappa shape index (κ2) is 4.45. The fourth-order valence-electron chi connectivity index (χ4n) is 1.46. The summed E-state index contributed by atoms with van der Waals surface area (Å²) in [7, 11) is 0. The molecule has 1 aromatic heterocycles. The first kappa shape index (κ1) is 10.2. The van der Waals surface area contributed by atoms with Gasteiger partial charge in [0.25, 0.3) is 0 Å². The van der Waals surface area contributed by atoms with Crippen LogP contribution in [-0.4, -0.2) is 0 Å². The van der Waals surface area contributed by atoms with Gasteiger partial charge in [-0.15, -0.1) is 0 Å². The number of pyridine rings is 1. The van der Waals surface area contributed by atoms with Crippen molar-refractivity contribution in [3.05, 3.63) is 64.9 Å². The van der Waals surface area contributed by atoms with E-state index in [1.807, 2.05) is 18.2 Å². The van der Waals surface area contributed by atoms with Crippen LogP contribution in [0.15, 0.2) is 48.8 Å². The van der Waals surface area contributed by atoms with E-state index in [2.05, 4.69) is 42.1 Å². The lowest BCUT2D eigenvalue weighted by Crippen LogP contribution is -2.33. The SMILES string of the molecule is Cc1cc[n+](Cc2ccccc2Cl)cc1. The number of aryl methyl sites for hydroxylation is 1. The Bertz CT molecular complexity index is 448. The molecule has 0 bridgehead atoms. The van der Waals surface area contributed by atoms with Gasteiger partial charge >= 0.3 is 0 Å². The lowest BCUT2D eigenvalue weighted by molar-refractivity contribution is -0.688. The molecule has 1 aromatic carbocycles. The minimum atomic E-state index is 0.819. The van der Waals surface area contributed by atoms with Gasteiger partial charge in [-0.3, -0.25) is 0 Å². The average Bonchev–Trinajstić information content (AvgIpc) is 2.25. The van der Waals surface area contributed by atoms with Crippen molar-refractivity contribution in [2.45, 2.75) is 13.5 Å². The Hall–Kier alpha value is -1.34. The number of hydrogen-bond acceptors (Lipinski definition) is 0. The van der Waals surface area contributed by atoms with Crippen LogP contribution in [0.25, 0.3) is 0 Å². The van der Waals surface area contributed by atoms with Gasteiger partial charge in [-0.05, 0) is 18.6 Å². The van der Waals surface area contributed by atoms with E-state index in [1.54, 1.807) is 0 Å². The lowest BCUT2D eigenvalue weighted by atomic mass is 10.2. The Balaban J connectivity index is 2.22. The van der Waals surface area contributed by atoms with Crippen LogP contribution < -0.4 is 4.57 Å². The molecule has 1 heterocycles. The van der Waals surface area contributed by atoms with Crippen LogP contribution in [0.3, 0.4) is 0 Å². The number of aromatic nitrogens is 1. The topological polar surface area (TPSA) is 3.88 Å². The molecule has 0 saturated carbocycles. The molecule has 0 atom stereocenters. The third-order valence-electron chi connectivity index (χ3n) is 2.37. The van der Waals surface area contributed by atoms with Gasteiger partial charge in [0.1, 0.15) is 0 Å². The molecule has 2 aromatic rings. The van der Waals surface area contributed by atoms with Gasteiger partial charge in [-0.1, -0.05) is 29.8 Å². The number of hydrogen-bond donors (Lipinski definition) is 0. The van der Waals surface area contributed by atoms with Crippen molar-refractivity contribution in [2.75, 3.05) is 0 Å². The van der Waals surface area contributed by atoms with E-state index >= 15 is 0 Å². The second-order valence-corrected chi connectivity index (χ2v) is 4.05. The van der Waals surface area contributed by atoms with Gasteiger partial charge < -0.3 is 0 Å². The summed E-state index contributed by atoms with van der Waals surface area (Å²) >= 11 is 6.09. The Morgan fingerprint density at radius 1 is 1.07 bits per heavy atom.